The van der Waals surface area contributed by atoms with Gasteiger partial charge in [0, 0.05) is 12.5 Å². The maximum atomic E-state index is 11.1. The minimum Gasteiger partial charge on any atom is -0.394 e. The van der Waals surface area contributed by atoms with Crippen LogP contribution in [0.1, 0.15) is 91.9 Å². The summed E-state index contributed by atoms with van der Waals surface area (Å²) in [6.07, 6.45) is -0.701. The van der Waals surface area contributed by atoms with Crippen LogP contribution in [0.4, 0.5) is 0 Å². The summed E-state index contributed by atoms with van der Waals surface area (Å²) in [5.74, 6) is 4.48. The summed E-state index contributed by atoms with van der Waals surface area (Å²) in [5, 5.41) is 66.3. The topological polar surface area (TPSA) is 180 Å². The van der Waals surface area contributed by atoms with E-state index in [0.29, 0.717) is 41.1 Å². The predicted molar refractivity (Wildman–Crippen MR) is 179 cm³/mol. The zero-order chi connectivity index (χ0) is 35.3. The summed E-state index contributed by atoms with van der Waals surface area (Å²) in [5.41, 5.74) is 0.422. The molecule has 8 fully saturated rings. The fourth-order valence-corrected chi connectivity index (χ4v) is 13.1. The molecule has 1 spiro atoms. The Bertz CT molecular complexity index is 1220. The number of aliphatic hydroxyl groups excluding tert-OH is 6. The lowest BCUT2D eigenvalue weighted by atomic mass is 9.44. The molecule has 8 rings (SSSR count). The summed E-state index contributed by atoms with van der Waals surface area (Å²) in [7, 11) is 0. The van der Waals surface area contributed by atoms with Gasteiger partial charge in [0.05, 0.1) is 25.4 Å². The van der Waals surface area contributed by atoms with Crippen LogP contribution in [0.3, 0.4) is 0 Å². The molecule has 4 aliphatic heterocycles. The van der Waals surface area contributed by atoms with Crippen molar-refractivity contribution in [1.29, 1.82) is 0 Å². The van der Waals surface area contributed by atoms with Crippen LogP contribution < -0.4 is 5.32 Å². The molecule has 0 bridgehead atoms. The van der Waals surface area contributed by atoms with Crippen molar-refractivity contribution in [3.63, 3.8) is 0 Å². The van der Waals surface area contributed by atoms with Crippen molar-refractivity contribution < 1.29 is 54.3 Å². The third-order valence-electron chi connectivity index (χ3n) is 16.0. The number of hydrogen-bond donors (Lipinski definition) is 7. The molecular formula is C38H63NO11. The van der Waals surface area contributed by atoms with Gasteiger partial charge < -0.3 is 54.3 Å². The van der Waals surface area contributed by atoms with Gasteiger partial charge in [0.25, 0.3) is 0 Å². The van der Waals surface area contributed by atoms with Crippen LogP contribution in [0.15, 0.2) is 0 Å². The van der Waals surface area contributed by atoms with Crippen LogP contribution in [0.25, 0.3) is 0 Å². The number of aliphatic hydroxyl groups is 6. The van der Waals surface area contributed by atoms with E-state index in [1.165, 1.54) is 32.1 Å². The highest BCUT2D eigenvalue weighted by Gasteiger charge is 2.68. The predicted octanol–water partition coefficient (Wildman–Crippen LogP) is 1.65. The first-order valence-electron chi connectivity index (χ1n) is 19.8. The SMILES string of the molecule is CC1CCC2(NC1)O[C@H]1C[C@H]3[C@@H]4CCC5C[C@@H](O[C@@H]6O[C@H](CO)[C@H](O[C@@H]7OC[C@@H](O)[C@H](O)[C@H]7O)[C@H](O)[C@H]6O)CC[C@]5(C)[C@H]4CC[C@]3(C)[C@H]1[C@@H]2C. The molecule has 0 radical (unpaired) electrons. The van der Waals surface area contributed by atoms with Crippen molar-refractivity contribution in [3.05, 3.63) is 0 Å². The normalized spacial score (nSPS) is 59.4. The van der Waals surface area contributed by atoms with E-state index in [-0.39, 0.29) is 23.9 Å². The van der Waals surface area contributed by atoms with Crippen molar-refractivity contribution in [1.82, 2.24) is 5.32 Å². The maximum absolute atomic E-state index is 11.1. The summed E-state index contributed by atoms with van der Waals surface area (Å²) in [6.45, 7) is 10.2. The Labute approximate surface area is 296 Å². The van der Waals surface area contributed by atoms with Crippen LogP contribution >= 0.6 is 0 Å². The number of rotatable bonds is 5. The molecule has 50 heavy (non-hydrogen) atoms. The molecule has 12 nitrogen and oxygen atoms in total. The van der Waals surface area contributed by atoms with Crippen molar-refractivity contribution in [2.45, 2.75) is 165 Å². The Morgan fingerprint density at radius 1 is 0.780 bits per heavy atom. The highest BCUT2D eigenvalue weighted by molar-refractivity contribution is 5.16. The van der Waals surface area contributed by atoms with Gasteiger partial charge in [-0.3, -0.25) is 5.32 Å². The Hall–Kier alpha value is -0.480. The summed E-state index contributed by atoms with van der Waals surface area (Å²) in [6, 6.07) is 0. The molecule has 21 atom stereocenters. The van der Waals surface area contributed by atoms with Crippen LogP contribution in [0.5, 0.6) is 0 Å². The molecule has 4 saturated heterocycles. The lowest BCUT2D eigenvalue weighted by Gasteiger charge is -2.61. The molecule has 4 heterocycles. The molecule has 4 aliphatic carbocycles. The van der Waals surface area contributed by atoms with Gasteiger partial charge in [-0.05, 0) is 111 Å². The number of piperidine rings is 1. The molecule has 0 aromatic heterocycles. The zero-order valence-electron chi connectivity index (χ0n) is 30.3. The maximum Gasteiger partial charge on any atom is 0.186 e. The highest BCUT2D eigenvalue weighted by atomic mass is 16.7. The van der Waals surface area contributed by atoms with Gasteiger partial charge in [-0.15, -0.1) is 0 Å². The van der Waals surface area contributed by atoms with E-state index in [0.717, 1.165) is 50.5 Å². The third-order valence-corrected chi connectivity index (χ3v) is 16.0. The van der Waals surface area contributed by atoms with E-state index in [1.807, 2.05) is 0 Å². The first-order valence-corrected chi connectivity index (χ1v) is 19.8. The smallest absolute Gasteiger partial charge is 0.186 e. The van der Waals surface area contributed by atoms with Gasteiger partial charge in [-0.2, -0.15) is 0 Å². The molecule has 7 N–H and O–H groups in total. The average molecular weight is 710 g/mol. The van der Waals surface area contributed by atoms with E-state index in [1.54, 1.807) is 0 Å². The van der Waals surface area contributed by atoms with Gasteiger partial charge in [0.15, 0.2) is 12.6 Å². The van der Waals surface area contributed by atoms with Gasteiger partial charge in [-0.25, -0.2) is 0 Å². The monoisotopic (exact) mass is 709 g/mol. The number of fused-ring (bicyclic) bond motifs is 7. The Morgan fingerprint density at radius 2 is 1.54 bits per heavy atom. The van der Waals surface area contributed by atoms with Gasteiger partial charge in [0.1, 0.15) is 48.5 Å². The Balaban J connectivity index is 0.894. The zero-order valence-corrected chi connectivity index (χ0v) is 30.3. The number of nitrogens with one attached hydrogen (secondary N) is 1. The molecule has 4 saturated carbocycles. The van der Waals surface area contributed by atoms with Crippen molar-refractivity contribution in [2.24, 2.45) is 52.3 Å². The molecule has 0 amide bonds. The van der Waals surface area contributed by atoms with E-state index in [2.05, 4.69) is 33.0 Å². The third kappa shape index (κ3) is 5.68. The standard InChI is InChI=1S/C38H63NO11/c1-18-7-12-38(39-15-18)19(2)28-26(50-38)14-24-22-6-5-20-13-21(8-10-36(20,3)23(22)9-11-37(24,28)4)47-35-32(45)30(43)33(27(16-40)48-35)49-34-31(44)29(42)25(41)17-46-34/h18-35,39-45H,5-17H2,1-4H3/t18?,19-,20?,21-,22+,23-,24-,25+,26-,27+,28-,29-,30+,31+,32+,33-,34-,35+,36-,37-,38?/m0/s1. The van der Waals surface area contributed by atoms with Crippen molar-refractivity contribution in [3.8, 4) is 0 Å². The number of hydrogen-bond acceptors (Lipinski definition) is 12. The molecule has 0 aromatic rings. The lowest BCUT2D eigenvalue weighted by Crippen LogP contribution is -2.63. The second-order valence-electron chi connectivity index (χ2n) is 18.4. The summed E-state index contributed by atoms with van der Waals surface area (Å²) < 4.78 is 30.5. The molecular weight excluding hydrogens is 646 g/mol. The molecule has 8 aliphatic rings. The van der Waals surface area contributed by atoms with Gasteiger partial charge in [-0.1, -0.05) is 27.7 Å². The second kappa shape index (κ2) is 13.4. The van der Waals surface area contributed by atoms with Crippen LogP contribution in [-0.4, -0.2) is 124 Å². The molecule has 0 aromatic carbocycles. The number of ether oxygens (including phenoxy) is 5. The quantitative estimate of drug-likeness (QED) is 0.206. The molecule has 3 unspecified atom stereocenters. The largest absolute Gasteiger partial charge is 0.394 e. The van der Waals surface area contributed by atoms with E-state index >= 15 is 0 Å². The molecule has 286 valence electrons. The fourth-order valence-electron chi connectivity index (χ4n) is 13.1. The van der Waals surface area contributed by atoms with Crippen molar-refractivity contribution >= 4 is 0 Å². The fraction of sp³-hybridized carbons (Fsp3) is 1.00. The summed E-state index contributed by atoms with van der Waals surface area (Å²) in [4.78, 5) is 0. The van der Waals surface area contributed by atoms with Crippen LogP contribution in [-0.2, 0) is 23.7 Å². The minimum atomic E-state index is -1.58. The van der Waals surface area contributed by atoms with E-state index < -0.39 is 61.9 Å². The Kier molecular flexibility index (Phi) is 9.76. The van der Waals surface area contributed by atoms with Gasteiger partial charge >= 0.3 is 0 Å². The summed E-state index contributed by atoms with van der Waals surface area (Å²) >= 11 is 0. The second-order valence-corrected chi connectivity index (χ2v) is 18.4. The Morgan fingerprint density at radius 3 is 2.28 bits per heavy atom. The first-order chi connectivity index (χ1) is 23.8. The van der Waals surface area contributed by atoms with Crippen LogP contribution in [0.2, 0.25) is 0 Å². The van der Waals surface area contributed by atoms with Crippen LogP contribution in [0, 0.1) is 52.3 Å². The van der Waals surface area contributed by atoms with E-state index in [9.17, 15) is 30.6 Å². The molecule has 12 heteroatoms. The minimum absolute atomic E-state index is 0.133. The van der Waals surface area contributed by atoms with Crippen molar-refractivity contribution in [2.75, 3.05) is 19.8 Å². The van der Waals surface area contributed by atoms with Gasteiger partial charge in [0.2, 0.25) is 0 Å². The first kappa shape index (κ1) is 36.5. The average Bonchev–Trinajstić information content (AvgIpc) is 3.55. The lowest BCUT2D eigenvalue weighted by molar-refractivity contribution is -0.354. The highest BCUT2D eigenvalue weighted by Crippen LogP contribution is 2.71. The van der Waals surface area contributed by atoms with E-state index in [4.69, 9.17) is 23.7 Å².